The summed E-state index contributed by atoms with van der Waals surface area (Å²) in [5, 5.41) is 3.17. The van der Waals surface area contributed by atoms with Gasteiger partial charge in [-0.3, -0.25) is 0 Å². The summed E-state index contributed by atoms with van der Waals surface area (Å²) in [7, 11) is 0. The molecule has 1 heterocycles. The fourth-order valence-electron chi connectivity index (χ4n) is 1.75. The Balaban J connectivity index is 0.000000773. The number of rotatable bonds is 7. The largest absolute Gasteiger partial charge is 0.354 e. The Bertz CT molecular complexity index is 478. The second-order valence-corrected chi connectivity index (χ2v) is 5.33. The van der Waals surface area contributed by atoms with Gasteiger partial charge in [-0.2, -0.15) is 0 Å². The molecule has 0 bridgehead atoms. The maximum atomic E-state index is 4.31. The Labute approximate surface area is 149 Å². The van der Waals surface area contributed by atoms with Crippen molar-refractivity contribution >= 4 is 5.95 Å². The molecule has 0 saturated heterocycles. The molecule has 134 valence electrons. The summed E-state index contributed by atoms with van der Waals surface area (Å²) in [6.45, 7) is 11.4. The number of aryl methyl sites for hydroxylation is 2. The van der Waals surface area contributed by atoms with E-state index in [1.807, 2.05) is 32.3 Å². The second kappa shape index (κ2) is 16.0. The summed E-state index contributed by atoms with van der Waals surface area (Å²) in [5.74, 6) is 0.723. The van der Waals surface area contributed by atoms with Gasteiger partial charge in [-0.05, 0) is 30.4 Å². The molecular weight excluding hydrogens is 294 g/mol. The van der Waals surface area contributed by atoms with Crippen molar-refractivity contribution in [3.05, 3.63) is 53.9 Å². The summed E-state index contributed by atoms with van der Waals surface area (Å²) in [4.78, 5) is 8.61. The third-order valence-corrected chi connectivity index (χ3v) is 3.28. The first kappa shape index (κ1) is 22.1. The fraction of sp³-hybridized carbons (Fsp3) is 0.524. The van der Waals surface area contributed by atoms with Gasteiger partial charge in [-0.1, -0.05) is 77.8 Å². The molecule has 2 rings (SSSR count). The minimum atomic E-state index is 0.723. The highest BCUT2D eigenvalue weighted by atomic mass is 15.1. The molecule has 0 saturated carbocycles. The molecule has 1 aromatic heterocycles. The number of benzene rings is 1. The molecule has 0 fully saturated rings. The molecule has 0 spiro atoms. The van der Waals surface area contributed by atoms with Crippen molar-refractivity contribution in [2.24, 2.45) is 0 Å². The van der Waals surface area contributed by atoms with Crippen molar-refractivity contribution in [2.45, 2.75) is 66.7 Å². The number of unbranched alkanes of at least 4 members (excludes halogenated alkanes) is 1. The summed E-state index contributed by atoms with van der Waals surface area (Å²) < 4.78 is 0. The highest BCUT2D eigenvalue weighted by Crippen LogP contribution is 2.06. The highest BCUT2D eigenvalue weighted by molar-refractivity contribution is 5.25. The van der Waals surface area contributed by atoms with Crippen LogP contribution in [0.25, 0.3) is 0 Å². The standard InChI is InChI=1S/C15H19N3.C4H10.C2H6/c1-2-10-16-15-17-11-14(12-18-15)9-8-13-6-4-3-5-7-13;1-3-4-2;1-2/h3-7,11-12H,2,8-10H2,1H3,(H,16,17,18);3-4H2,1-2H3;1-2H3. The molecule has 3 heteroatoms. The van der Waals surface area contributed by atoms with E-state index in [0.717, 1.165) is 31.8 Å². The number of nitrogens with zero attached hydrogens (tertiary/aromatic N) is 2. The first-order valence-corrected chi connectivity index (χ1v) is 9.38. The lowest BCUT2D eigenvalue weighted by Crippen LogP contribution is -2.04. The minimum Gasteiger partial charge on any atom is -0.354 e. The van der Waals surface area contributed by atoms with Crippen molar-refractivity contribution < 1.29 is 0 Å². The predicted molar refractivity (Wildman–Crippen MR) is 107 cm³/mol. The van der Waals surface area contributed by atoms with Crippen LogP contribution in [0.15, 0.2) is 42.7 Å². The molecule has 0 amide bonds. The third-order valence-electron chi connectivity index (χ3n) is 3.28. The SMILES string of the molecule is CC.CCCC.CCCNc1ncc(CCc2ccccc2)cn1. The molecule has 1 aromatic carbocycles. The number of nitrogens with one attached hydrogen (secondary N) is 1. The van der Waals surface area contributed by atoms with Crippen molar-refractivity contribution in [3.63, 3.8) is 0 Å². The monoisotopic (exact) mass is 329 g/mol. The number of hydrogen-bond donors (Lipinski definition) is 1. The molecular formula is C21H35N3. The zero-order valence-corrected chi connectivity index (χ0v) is 16.2. The zero-order valence-electron chi connectivity index (χ0n) is 16.2. The van der Waals surface area contributed by atoms with E-state index in [2.05, 4.69) is 60.3 Å². The van der Waals surface area contributed by atoms with Gasteiger partial charge < -0.3 is 5.32 Å². The van der Waals surface area contributed by atoms with Crippen LogP contribution in [0.5, 0.6) is 0 Å². The van der Waals surface area contributed by atoms with E-state index < -0.39 is 0 Å². The average molecular weight is 330 g/mol. The van der Waals surface area contributed by atoms with Gasteiger partial charge in [0.25, 0.3) is 0 Å². The Morgan fingerprint density at radius 2 is 1.29 bits per heavy atom. The van der Waals surface area contributed by atoms with E-state index >= 15 is 0 Å². The van der Waals surface area contributed by atoms with Crippen molar-refractivity contribution in [1.82, 2.24) is 9.97 Å². The van der Waals surface area contributed by atoms with Crippen molar-refractivity contribution in [1.29, 1.82) is 0 Å². The molecule has 24 heavy (non-hydrogen) atoms. The van der Waals surface area contributed by atoms with Gasteiger partial charge in [0.15, 0.2) is 0 Å². The van der Waals surface area contributed by atoms with E-state index in [-0.39, 0.29) is 0 Å². The topological polar surface area (TPSA) is 37.8 Å². The summed E-state index contributed by atoms with van der Waals surface area (Å²) in [6.07, 6.45) is 9.56. The smallest absolute Gasteiger partial charge is 0.222 e. The number of aromatic nitrogens is 2. The van der Waals surface area contributed by atoms with Crippen molar-refractivity contribution in [3.8, 4) is 0 Å². The fourth-order valence-corrected chi connectivity index (χ4v) is 1.75. The summed E-state index contributed by atoms with van der Waals surface area (Å²) in [5.41, 5.74) is 2.53. The minimum absolute atomic E-state index is 0.723. The van der Waals surface area contributed by atoms with Crippen LogP contribution in [0, 0.1) is 0 Å². The van der Waals surface area contributed by atoms with Crippen LogP contribution in [-0.2, 0) is 12.8 Å². The van der Waals surface area contributed by atoms with Gasteiger partial charge in [-0.25, -0.2) is 9.97 Å². The Morgan fingerprint density at radius 1 is 0.750 bits per heavy atom. The van der Waals surface area contributed by atoms with Gasteiger partial charge in [-0.15, -0.1) is 0 Å². The van der Waals surface area contributed by atoms with Gasteiger partial charge >= 0.3 is 0 Å². The lowest BCUT2D eigenvalue weighted by atomic mass is 10.1. The number of hydrogen-bond acceptors (Lipinski definition) is 3. The molecule has 0 radical (unpaired) electrons. The van der Waals surface area contributed by atoms with Crippen LogP contribution < -0.4 is 5.32 Å². The Kier molecular flexibility index (Phi) is 14.7. The molecule has 3 nitrogen and oxygen atoms in total. The Hall–Kier alpha value is -1.90. The Morgan fingerprint density at radius 3 is 1.79 bits per heavy atom. The molecule has 0 aliphatic carbocycles. The third kappa shape index (κ3) is 10.8. The predicted octanol–water partition coefficient (Wildman–Crippen LogP) is 5.92. The van der Waals surface area contributed by atoms with Crippen LogP contribution in [0.2, 0.25) is 0 Å². The quantitative estimate of drug-likeness (QED) is 0.685. The molecule has 0 unspecified atom stereocenters. The second-order valence-electron chi connectivity index (χ2n) is 5.33. The summed E-state index contributed by atoms with van der Waals surface area (Å²) >= 11 is 0. The average Bonchev–Trinajstić information content (AvgIpc) is 2.68. The lowest BCUT2D eigenvalue weighted by Gasteiger charge is -2.04. The maximum absolute atomic E-state index is 4.31. The number of anilines is 1. The molecule has 0 aliphatic rings. The first-order valence-electron chi connectivity index (χ1n) is 9.38. The molecule has 0 atom stereocenters. The maximum Gasteiger partial charge on any atom is 0.222 e. The van der Waals surface area contributed by atoms with Gasteiger partial charge in [0.2, 0.25) is 5.95 Å². The zero-order chi connectivity index (χ0) is 18.0. The van der Waals surface area contributed by atoms with Gasteiger partial charge in [0.05, 0.1) is 0 Å². The van der Waals surface area contributed by atoms with Crippen LogP contribution in [0.1, 0.15) is 65.0 Å². The first-order chi connectivity index (χ1) is 11.8. The van der Waals surface area contributed by atoms with E-state index in [0.29, 0.717) is 0 Å². The molecule has 0 aliphatic heterocycles. The molecule has 2 aromatic rings. The lowest BCUT2D eigenvalue weighted by molar-refractivity contribution is 0.886. The van der Waals surface area contributed by atoms with Crippen LogP contribution >= 0.6 is 0 Å². The van der Waals surface area contributed by atoms with Gasteiger partial charge in [0.1, 0.15) is 0 Å². The van der Waals surface area contributed by atoms with Gasteiger partial charge in [0, 0.05) is 18.9 Å². The summed E-state index contributed by atoms with van der Waals surface area (Å²) in [6, 6.07) is 10.5. The normalized spacial score (nSPS) is 9.21. The van der Waals surface area contributed by atoms with E-state index in [4.69, 9.17) is 0 Å². The molecule has 1 N–H and O–H groups in total. The highest BCUT2D eigenvalue weighted by Gasteiger charge is 1.98. The van der Waals surface area contributed by atoms with Crippen LogP contribution in [0.4, 0.5) is 5.95 Å². The van der Waals surface area contributed by atoms with E-state index in [1.165, 1.54) is 24.0 Å². The van der Waals surface area contributed by atoms with Crippen LogP contribution in [-0.4, -0.2) is 16.5 Å². The van der Waals surface area contributed by atoms with E-state index in [9.17, 15) is 0 Å². The van der Waals surface area contributed by atoms with E-state index in [1.54, 1.807) is 0 Å². The van der Waals surface area contributed by atoms with Crippen molar-refractivity contribution in [2.75, 3.05) is 11.9 Å². The van der Waals surface area contributed by atoms with Crippen LogP contribution in [0.3, 0.4) is 0 Å².